The van der Waals surface area contributed by atoms with Gasteiger partial charge in [0.1, 0.15) is 0 Å². The Morgan fingerprint density at radius 3 is 2.67 bits per heavy atom. The van der Waals surface area contributed by atoms with E-state index in [4.69, 9.17) is 17.3 Å². The average molecular weight is 463 g/mol. The van der Waals surface area contributed by atoms with Gasteiger partial charge in [-0.15, -0.1) is 0 Å². The molecule has 0 aliphatic carbocycles. The Labute approximate surface area is 198 Å². The van der Waals surface area contributed by atoms with Gasteiger partial charge in [-0.3, -0.25) is 14.8 Å². The number of carbonyl (C=O) groups is 1. The fourth-order valence-corrected chi connectivity index (χ4v) is 4.65. The molecule has 2 heterocycles. The van der Waals surface area contributed by atoms with Crippen LogP contribution < -0.4 is 5.73 Å². The van der Waals surface area contributed by atoms with Gasteiger partial charge in [-0.1, -0.05) is 29.8 Å². The Morgan fingerprint density at radius 2 is 2.03 bits per heavy atom. The Kier molecular flexibility index (Phi) is 5.99. The number of hydrogen-bond acceptors (Lipinski definition) is 5. The first kappa shape index (κ1) is 23.0. The maximum Gasteiger partial charge on any atom is 0.256 e. The Hall–Kier alpha value is -3.22. The summed E-state index contributed by atoms with van der Waals surface area (Å²) in [5, 5.41) is 11.1. The third-order valence-electron chi connectivity index (χ3n) is 6.03. The SMILES string of the molecule is CN=Cc1c(-c2cc(C)c(CN3Cc4ncccc4C3=O)c(Cl)c2)ccc(C(C)(C)O)c1N. The summed E-state index contributed by atoms with van der Waals surface area (Å²) in [5.74, 6) is -0.0333. The molecule has 3 aromatic rings. The minimum Gasteiger partial charge on any atom is -0.398 e. The van der Waals surface area contributed by atoms with Gasteiger partial charge in [0.25, 0.3) is 5.91 Å². The molecule has 33 heavy (non-hydrogen) atoms. The molecule has 4 rings (SSSR count). The second-order valence-corrected chi connectivity index (χ2v) is 9.25. The number of fused-ring (bicyclic) bond motifs is 1. The Morgan fingerprint density at radius 1 is 1.27 bits per heavy atom. The second kappa shape index (κ2) is 8.61. The van der Waals surface area contributed by atoms with Crippen LogP contribution in [-0.4, -0.2) is 34.2 Å². The van der Waals surface area contributed by atoms with Crippen molar-refractivity contribution >= 4 is 29.4 Å². The number of nitrogen functional groups attached to an aromatic ring is 1. The summed E-state index contributed by atoms with van der Waals surface area (Å²) in [5.41, 5.74) is 12.3. The summed E-state index contributed by atoms with van der Waals surface area (Å²) in [6.45, 7) is 6.27. The zero-order valence-corrected chi connectivity index (χ0v) is 19.9. The van der Waals surface area contributed by atoms with Crippen LogP contribution in [0.15, 0.2) is 47.6 Å². The van der Waals surface area contributed by atoms with E-state index in [1.165, 1.54) is 0 Å². The molecule has 0 saturated heterocycles. The van der Waals surface area contributed by atoms with Crippen LogP contribution in [0.25, 0.3) is 11.1 Å². The number of rotatable bonds is 5. The van der Waals surface area contributed by atoms with E-state index in [1.807, 2.05) is 31.2 Å². The van der Waals surface area contributed by atoms with E-state index in [0.29, 0.717) is 34.9 Å². The molecule has 2 aromatic carbocycles. The highest BCUT2D eigenvalue weighted by Gasteiger charge is 2.29. The number of aliphatic imine (C=N–C) groups is 1. The number of nitrogens with zero attached hydrogens (tertiary/aromatic N) is 3. The van der Waals surface area contributed by atoms with Crippen LogP contribution in [0.5, 0.6) is 0 Å². The molecule has 6 nitrogen and oxygen atoms in total. The second-order valence-electron chi connectivity index (χ2n) is 8.85. The number of aliphatic hydroxyl groups is 1. The molecular formula is C26H27ClN4O2. The number of nitrogens with two attached hydrogens (primary N) is 1. The van der Waals surface area contributed by atoms with Crippen LogP contribution in [0.1, 0.15) is 52.2 Å². The third kappa shape index (κ3) is 4.24. The van der Waals surface area contributed by atoms with Gasteiger partial charge in [0.15, 0.2) is 0 Å². The van der Waals surface area contributed by atoms with Crippen molar-refractivity contribution < 1.29 is 9.90 Å². The largest absolute Gasteiger partial charge is 0.398 e. The lowest BCUT2D eigenvalue weighted by atomic mass is 9.89. The summed E-state index contributed by atoms with van der Waals surface area (Å²) in [6.07, 6.45) is 3.40. The standard InChI is InChI=1S/C26H27ClN4O2/c1-15-10-16(17-7-8-21(26(2,3)33)24(28)19(17)12-29-4)11-22(27)20(15)13-31-14-23-18(25(31)32)6-5-9-30-23/h5-12,33H,13-14,28H2,1-4H3. The molecule has 7 heteroatoms. The van der Waals surface area contributed by atoms with Crippen molar-refractivity contribution in [2.24, 2.45) is 4.99 Å². The number of aryl methyl sites for hydroxylation is 1. The predicted octanol–water partition coefficient (Wildman–Crippen LogP) is 4.72. The summed E-state index contributed by atoms with van der Waals surface area (Å²) in [7, 11) is 1.68. The molecule has 3 N–H and O–H groups in total. The van der Waals surface area contributed by atoms with E-state index < -0.39 is 5.60 Å². The van der Waals surface area contributed by atoms with Gasteiger partial charge in [-0.2, -0.15) is 0 Å². The van der Waals surface area contributed by atoms with E-state index >= 15 is 0 Å². The van der Waals surface area contributed by atoms with Gasteiger partial charge < -0.3 is 15.7 Å². The van der Waals surface area contributed by atoms with Crippen molar-refractivity contribution in [1.82, 2.24) is 9.88 Å². The lowest BCUT2D eigenvalue weighted by molar-refractivity contribution is 0.0764. The number of carbonyl (C=O) groups excluding carboxylic acids is 1. The summed E-state index contributed by atoms with van der Waals surface area (Å²) in [6, 6.07) is 11.3. The van der Waals surface area contributed by atoms with Crippen LogP contribution in [0.4, 0.5) is 5.69 Å². The van der Waals surface area contributed by atoms with Gasteiger partial charge in [-0.05, 0) is 61.2 Å². The molecule has 0 spiro atoms. The van der Waals surface area contributed by atoms with Crippen LogP contribution >= 0.6 is 11.6 Å². The van der Waals surface area contributed by atoms with Crippen LogP contribution in [0.3, 0.4) is 0 Å². The molecule has 0 radical (unpaired) electrons. The number of benzene rings is 2. The first-order chi connectivity index (χ1) is 15.6. The molecule has 1 amide bonds. The zero-order chi connectivity index (χ0) is 23.9. The molecule has 0 saturated carbocycles. The highest BCUT2D eigenvalue weighted by molar-refractivity contribution is 6.31. The molecule has 1 aromatic heterocycles. The van der Waals surface area contributed by atoms with E-state index in [0.717, 1.165) is 33.5 Å². The first-order valence-electron chi connectivity index (χ1n) is 10.7. The number of hydrogen-bond donors (Lipinski definition) is 2. The normalized spacial score (nSPS) is 13.8. The van der Waals surface area contributed by atoms with Gasteiger partial charge >= 0.3 is 0 Å². The molecule has 1 aliphatic rings. The minimum absolute atomic E-state index is 0.0333. The Balaban J connectivity index is 1.71. The molecular weight excluding hydrogens is 436 g/mol. The van der Waals surface area contributed by atoms with E-state index in [2.05, 4.69) is 9.98 Å². The van der Waals surface area contributed by atoms with E-state index in [-0.39, 0.29) is 5.91 Å². The highest BCUT2D eigenvalue weighted by Crippen LogP contribution is 2.37. The zero-order valence-electron chi connectivity index (χ0n) is 19.2. The van der Waals surface area contributed by atoms with Crippen molar-refractivity contribution in [2.45, 2.75) is 39.5 Å². The summed E-state index contributed by atoms with van der Waals surface area (Å²) < 4.78 is 0. The van der Waals surface area contributed by atoms with Crippen LogP contribution in [-0.2, 0) is 18.7 Å². The highest BCUT2D eigenvalue weighted by atomic mass is 35.5. The fourth-order valence-electron chi connectivity index (χ4n) is 4.32. The predicted molar refractivity (Wildman–Crippen MR) is 133 cm³/mol. The van der Waals surface area contributed by atoms with Crippen molar-refractivity contribution in [3.8, 4) is 11.1 Å². The smallest absolute Gasteiger partial charge is 0.256 e. The van der Waals surface area contributed by atoms with Crippen molar-refractivity contribution in [2.75, 3.05) is 12.8 Å². The van der Waals surface area contributed by atoms with Crippen molar-refractivity contribution in [3.63, 3.8) is 0 Å². The maximum absolute atomic E-state index is 12.8. The number of halogens is 1. The van der Waals surface area contributed by atoms with Crippen LogP contribution in [0, 0.1) is 6.92 Å². The van der Waals surface area contributed by atoms with Gasteiger partial charge in [0.05, 0.1) is 23.4 Å². The number of pyridine rings is 1. The monoisotopic (exact) mass is 462 g/mol. The Bertz CT molecular complexity index is 1250. The first-order valence-corrected chi connectivity index (χ1v) is 11.1. The number of anilines is 1. The van der Waals surface area contributed by atoms with E-state index in [1.54, 1.807) is 50.3 Å². The number of amides is 1. The van der Waals surface area contributed by atoms with Gasteiger partial charge in [-0.25, -0.2) is 0 Å². The van der Waals surface area contributed by atoms with Gasteiger partial charge in [0.2, 0.25) is 0 Å². The molecule has 0 unspecified atom stereocenters. The van der Waals surface area contributed by atoms with Crippen LogP contribution in [0.2, 0.25) is 5.02 Å². The topological polar surface area (TPSA) is 91.8 Å². The quantitative estimate of drug-likeness (QED) is 0.423. The average Bonchev–Trinajstić information content (AvgIpc) is 3.07. The maximum atomic E-state index is 12.8. The van der Waals surface area contributed by atoms with Gasteiger partial charge in [0, 0.05) is 47.8 Å². The summed E-state index contributed by atoms with van der Waals surface area (Å²) in [4.78, 5) is 23.0. The molecule has 0 atom stereocenters. The lowest BCUT2D eigenvalue weighted by Gasteiger charge is -2.23. The molecule has 1 aliphatic heterocycles. The third-order valence-corrected chi connectivity index (χ3v) is 6.37. The fraction of sp³-hybridized carbons (Fsp3) is 0.269. The molecule has 170 valence electrons. The minimum atomic E-state index is -1.08. The molecule has 0 bridgehead atoms. The lowest BCUT2D eigenvalue weighted by Crippen LogP contribution is -2.24. The number of aromatic nitrogens is 1. The molecule has 0 fully saturated rings. The van der Waals surface area contributed by atoms with Crippen molar-refractivity contribution in [3.05, 3.63) is 81.1 Å². The summed E-state index contributed by atoms with van der Waals surface area (Å²) >= 11 is 6.74. The van der Waals surface area contributed by atoms with Crippen molar-refractivity contribution in [1.29, 1.82) is 0 Å². The van der Waals surface area contributed by atoms with E-state index in [9.17, 15) is 9.90 Å².